The van der Waals surface area contributed by atoms with Crippen molar-refractivity contribution in [2.45, 2.75) is 18.4 Å². The molecule has 0 atom stereocenters. The molecule has 0 unspecified atom stereocenters. The van der Waals surface area contributed by atoms with E-state index in [4.69, 9.17) is 0 Å². The second-order valence-corrected chi connectivity index (χ2v) is 6.72. The molecular formula is C13H14F2N2O2S2. The third kappa shape index (κ3) is 3.78. The first-order valence-corrected chi connectivity index (χ1v) is 8.60. The van der Waals surface area contributed by atoms with Gasteiger partial charge in [-0.1, -0.05) is 6.92 Å². The highest BCUT2D eigenvalue weighted by Gasteiger charge is 2.23. The molecule has 1 aromatic carbocycles. The van der Waals surface area contributed by atoms with E-state index in [0.29, 0.717) is 17.8 Å². The number of nitrogens with one attached hydrogen (secondary N) is 2. The molecule has 8 heteroatoms. The molecule has 2 N–H and O–H groups in total. The molecule has 2 aromatic rings. The number of thiophene rings is 1. The van der Waals surface area contributed by atoms with Gasteiger partial charge in [-0.25, -0.2) is 17.2 Å². The Bertz CT molecular complexity index is 716. The number of hydrogen-bond acceptors (Lipinski definition) is 4. The highest BCUT2D eigenvalue weighted by atomic mass is 32.2. The van der Waals surface area contributed by atoms with Crippen LogP contribution in [0, 0.1) is 11.6 Å². The van der Waals surface area contributed by atoms with Crippen molar-refractivity contribution in [3.63, 3.8) is 0 Å². The average Bonchev–Trinajstić information content (AvgIpc) is 2.91. The highest BCUT2D eigenvalue weighted by molar-refractivity contribution is 7.92. The van der Waals surface area contributed by atoms with E-state index >= 15 is 0 Å². The van der Waals surface area contributed by atoms with Gasteiger partial charge in [0.05, 0.1) is 5.69 Å². The molecule has 1 aromatic heterocycles. The van der Waals surface area contributed by atoms with Crippen LogP contribution in [0.4, 0.5) is 14.5 Å². The maximum Gasteiger partial charge on any atom is 0.264 e. The summed E-state index contributed by atoms with van der Waals surface area (Å²) in [5, 5.41) is 6.17. The fourth-order valence-electron chi connectivity index (χ4n) is 1.72. The zero-order valence-electron chi connectivity index (χ0n) is 11.2. The lowest BCUT2D eigenvalue weighted by Gasteiger charge is -2.10. The first-order valence-electron chi connectivity index (χ1n) is 6.17. The molecule has 0 spiro atoms. The molecule has 0 saturated heterocycles. The monoisotopic (exact) mass is 332 g/mol. The van der Waals surface area contributed by atoms with E-state index in [1.54, 1.807) is 16.8 Å². The maximum absolute atomic E-state index is 13.8. The van der Waals surface area contributed by atoms with Crippen molar-refractivity contribution in [3.8, 4) is 0 Å². The molecule has 21 heavy (non-hydrogen) atoms. The SMILES string of the molecule is CCNCc1cc(F)c(F)c(S(=O)(=O)Nc2ccsc2)c1. The number of halogens is 2. The summed E-state index contributed by atoms with van der Waals surface area (Å²) >= 11 is 1.29. The topological polar surface area (TPSA) is 58.2 Å². The summed E-state index contributed by atoms with van der Waals surface area (Å²) < 4.78 is 54.0. The van der Waals surface area contributed by atoms with Crippen LogP contribution >= 0.6 is 11.3 Å². The second-order valence-electron chi connectivity index (χ2n) is 4.29. The molecule has 0 aliphatic rings. The third-order valence-electron chi connectivity index (χ3n) is 2.70. The quantitative estimate of drug-likeness (QED) is 0.855. The summed E-state index contributed by atoms with van der Waals surface area (Å²) in [6.07, 6.45) is 0. The Morgan fingerprint density at radius 1 is 1.29 bits per heavy atom. The molecule has 1 heterocycles. The van der Waals surface area contributed by atoms with Gasteiger partial charge in [0.1, 0.15) is 4.90 Å². The molecule has 114 valence electrons. The number of hydrogen-bond donors (Lipinski definition) is 2. The molecular weight excluding hydrogens is 318 g/mol. The Morgan fingerprint density at radius 3 is 2.67 bits per heavy atom. The molecule has 0 aliphatic carbocycles. The molecule has 0 bridgehead atoms. The van der Waals surface area contributed by atoms with Gasteiger partial charge < -0.3 is 5.32 Å². The van der Waals surface area contributed by atoms with Crippen LogP contribution in [0.1, 0.15) is 12.5 Å². The fourth-order valence-corrected chi connectivity index (χ4v) is 3.57. The minimum Gasteiger partial charge on any atom is -0.313 e. The van der Waals surface area contributed by atoms with Gasteiger partial charge >= 0.3 is 0 Å². The maximum atomic E-state index is 13.8. The van der Waals surface area contributed by atoms with Crippen molar-refractivity contribution >= 4 is 27.0 Å². The number of rotatable bonds is 6. The van der Waals surface area contributed by atoms with E-state index in [0.717, 1.165) is 12.1 Å². The number of benzene rings is 1. The number of anilines is 1. The van der Waals surface area contributed by atoms with Crippen LogP contribution in [0.15, 0.2) is 33.9 Å². The van der Waals surface area contributed by atoms with Gasteiger partial charge in [-0.3, -0.25) is 4.72 Å². The van der Waals surface area contributed by atoms with Crippen LogP contribution in [-0.4, -0.2) is 15.0 Å². The van der Waals surface area contributed by atoms with Crippen molar-refractivity contribution in [3.05, 3.63) is 46.2 Å². The van der Waals surface area contributed by atoms with Crippen molar-refractivity contribution < 1.29 is 17.2 Å². The van der Waals surface area contributed by atoms with Crippen LogP contribution in [-0.2, 0) is 16.6 Å². The fraction of sp³-hybridized carbons (Fsp3) is 0.231. The Balaban J connectivity index is 2.39. The molecule has 0 fully saturated rings. The molecule has 0 aliphatic heterocycles. The normalized spacial score (nSPS) is 11.6. The van der Waals surface area contributed by atoms with Gasteiger partial charge in [0, 0.05) is 11.9 Å². The van der Waals surface area contributed by atoms with E-state index < -0.39 is 26.6 Å². The number of sulfonamides is 1. The van der Waals surface area contributed by atoms with E-state index in [2.05, 4.69) is 10.0 Å². The van der Waals surface area contributed by atoms with Crippen LogP contribution in [0.3, 0.4) is 0 Å². The van der Waals surface area contributed by atoms with Gasteiger partial charge in [-0.15, -0.1) is 0 Å². The van der Waals surface area contributed by atoms with Crippen molar-refractivity contribution in [1.29, 1.82) is 0 Å². The Labute approximate surface area is 125 Å². The Morgan fingerprint density at radius 2 is 2.05 bits per heavy atom. The zero-order chi connectivity index (χ0) is 15.5. The van der Waals surface area contributed by atoms with Gasteiger partial charge in [0.2, 0.25) is 0 Å². The summed E-state index contributed by atoms with van der Waals surface area (Å²) in [7, 11) is -4.17. The predicted molar refractivity (Wildman–Crippen MR) is 78.9 cm³/mol. The van der Waals surface area contributed by atoms with E-state index in [9.17, 15) is 17.2 Å². The van der Waals surface area contributed by atoms with Crippen molar-refractivity contribution in [1.82, 2.24) is 5.32 Å². The highest BCUT2D eigenvalue weighted by Crippen LogP contribution is 2.23. The lowest BCUT2D eigenvalue weighted by Crippen LogP contribution is -2.17. The van der Waals surface area contributed by atoms with Gasteiger partial charge in [-0.05, 0) is 35.7 Å². The molecule has 4 nitrogen and oxygen atoms in total. The first-order chi connectivity index (χ1) is 9.94. The van der Waals surface area contributed by atoms with Crippen LogP contribution < -0.4 is 10.0 Å². The molecule has 2 rings (SSSR count). The van der Waals surface area contributed by atoms with Gasteiger partial charge in [0.15, 0.2) is 11.6 Å². The second kappa shape index (κ2) is 6.50. The third-order valence-corrected chi connectivity index (χ3v) is 4.76. The lowest BCUT2D eigenvalue weighted by atomic mass is 10.2. The minimum atomic E-state index is -4.17. The van der Waals surface area contributed by atoms with Crippen LogP contribution in [0.25, 0.3) is 0 Å². The smallest absolute Gasteiger partial charge is 0.264 e. The average molecular weight is 332 g/mol. The summed E-state index contributed by atoms with van der Waals surface area (Å²) in [6.45, 7) is 2.75. The van der Waals surface area contributed by atoms with E-state index in [1.807, 2.05) is 6.92 Å². The molecule has 0 saturated carbocycles. The van der Waals surface area contributed by atoms with Crippen molar-refractivity contribution in [2.75, 3.05) is 11.3 Å². The van der Waals surface area contributed by atoms with Crippen LogP contribution in [0.5, 0.6) is 0 Å². The molecule has 0 radical (unpaired) electrons. The summed E-state index contributed by atoms with van der Waals surface area (Å²) in [6, 6.07) is 3.66. The largest absolute Gasteiger partial charge is 0.313 e. The predicted octanol–water partition coefficient (Wildman–Crippen LogP) is 2.94. The van der Waals surface area contributed by atoms with E-state index in [-0.39, 0.29) is 6.54 Å². The van der Waals surface area contributed by atoms with E-state index in [1.165, 1.54) is 11.3 Å². The lowest BCUT2D eigenvalue weighted by molar-refractivity contribution is 0.482. The van der Waals surface area contributed by atoms with Crippen LogP contribution in [0.2, 0.25) is 0 Å². The van der Waals surface area contributed by atoms with Crippen molar-refractivity contribution in [2.24, 2.45) is 0 Å². The first kappa shape index (κ1) is 15.9. The summed E-state index contributed by atoms with van der Waals surface area (Å²) in [5.41, 5.74) is 0.679. The summed E-state index contributed by atoms with van der Waals surface area (Å²) in [4.78, 5) is -0.693. The minimum absolute atomic E-state index is 0.259. The summed E-state index contributed by atoms with van der Waals surface area (Å²) in [5.74, 6) is -2.56. The zero-order valence-corrected chi connectivity index (χ0v) is 12.8. The van der Waals surface area contributed by atoms with Gasteiger partial charge in [0.25, 0.3) is 10.0 Å². The standard InChI is InChI=1S/C13H14F2N2O2S2/c1-2-16-7-9-5-11(14)13(15)12(6-9)21(18,19)17-10-3-4-20-8-10/h3-6,8,16-17H,2,7H2,1H3. The Kier molecular flexibility index (Phi) is 4.92. The Hall–Kier alpha value is -1.51. The van der Waals surface area contributed by atoms with Gasteiger partial charge in [-0.2, -0.15) is 11.3 Å². The molecule has 0 amide bonds.